The smallest absolute Gasteiger partial charge is 0.255 e. The van der Waals surface area contributed by atoms with Gasteiger partial charge in [-0.25, -0.2) is 4.98 Å². The molecule has 110 valence electrons. The summed E-state index contributed by atoms with van der Waals surface area (Å²) in [7, 11) is 0. The lowest BCUT2D eigenvalue weighted by Gasteiger charge is -2.27. The van der Waals surface area contributed by atoms with E-state index in [1.807, 2.05) is 6.07 Å². The van der Waals surface area contributed by atoms with Gasteiger partial charge in [0.1, 0.15) is 5.82 Å². The molecule has 21 heavy (non-hydrogen) atoms. The SMILES string of the molecule is O=c1[nH]c(C2CC2)nc2c1CN(Cc1ccc(Cl)s1)CC2. The number of thiophene rings is 1. The van der Waals surface area contributed by atoms with Crippen molar-refractivity contribution in [2.75, 3.05) is 6.54 Å². The molecule has 0 amide bonds. The Morgan fingerprint density at radius 2 is 2.29 bits per heavy atom. The fourth-order valence-electron chi connectivity index (χ4n) is 2.84. The summed E-state index contributed by atoms with van der Waals surface area (Å²) in [5.74, 6) is 1.39. The molecule has 2 aromatic rings. The van der Waals surface area contributed by atoms with Gasteiger partial charge in [-0.05, 0) is 25.0 Å². The molecule has 2 aromatic heterocycles. The number of hydrogen-bond donors (Lipinski definition) is 1. The van der Waals surface area contributed by atoms with E-state index in [4.69, 9.17) is 11.6 Å². The second-order valence-corrected chi connectivity index (χ2v) is 7.62. The average molecular weight is 322 g/mol. The minimum absolute atomic E-state index is 0.0517. The molecule has 1 N–H and O–H groups in total. The minimum atomic E-state index is 0.0517. The summed E-state index contributed by atoms with van der Waals surface area (Å²) in [4.78, 5) is 23.5. The van der Waals surface area contributed by atoms with Gasteiger partial charge in [0, 0.05) is 36.9 Å². The lowest BCUT2D eigenvalue weighted by Crippen LogP contribution is -2.35. The van der Waals surface area contributed by atoms with Crippen molar-refractivity contribution in [3.05, 3.63) is 48.8 Å². The van der Waals surface area contributed by atoms with E-state index in [0.29, 0.717) is 12.5 Å². The summed E-state index contributed by atoms with van der Waals surface area (Å²) in [6, 6.07) is 3.98. The van der Waals surface area contributed by atoms with Crippen molar-refractivity contribution < 1.29 is 0 Å². The molecule has 0 spiro atoms. The summed E-state index contributed by atoms with van der Waals surface area (Å²) in [6.07, 6.45) is 3.18. The Morgan fingerprint density at radius 1 is 1.43 bits per heavy atom. The van der Waals surface area contributed by atoms with Gasteiger partial charge >= 0.3 is 0 Å². The van der Waals surface area contributed by atoms with Gasteiger partial charge in [0.2, 0.25) is 0 Å². The highest BCUT2D eigenvalue weighted by Gasteiger charge is 2.29. The number of hydrogen-bond acceptors (Lipinski definition) is 4. The Bertz CT molecular complexity index is 735. The van der Waals surface area contributed by atoms with Crippen LogP contribution in [0.5, 0.6) is 0 Å². The summed E-state index contributed by atoms with van der Waals surface area (Å²) in [5.41, 5.74) is 1.89. The van der Waals surface area contributed by atoms with Crippen LogP contribution in [0.4, 0.5) is 0 Å². The van der Waals surface area contributed by atoms with Gasteiger partial charge in [-0.3, -0.25) is 9.69 Å². The number of H-pyrrole nitrogens is 1. The largest absolute Gasteiger partial charge is 0.310 e. The number of rotatable bonds is 3. The molecular formula is C15H16ClN3OS. The molecule has 0 saturated heterocycles. The van der Waals surface area contributed by atoms with Gasteiger partial charge in [-0.1, -0.05) is 11.6 Å². The van der Waals surface area contributed by atoms with Crippen LogP contribution in [-0.2, 0) is 19.5 Å². The van der Waals surface area contributed by atoms with Crippen LogP contribution in [0.1, 0.15) is 40.7 Å². The Labute approximate surface area is 131 Å². The normalized spacial score (nSPS) is 18.7. The fourth-order valence-corrected chi connectivity index (χ4v) is 3.97. The van der Waals surface area contributed by atoms with Crippen molar-refractivity contribution in [3.63, 3.8) is 0 Å². The van der Waals surface area contributed by atoms with Gasteiger partial charge in [0.15, 0.2) is 0 Å². The van der Waals surface area contributed by atoms with Gasteiger partial charge < -0.3 is 4.98 Å². The number of fused-ring (bicyclic) bond motifs is 1. The zero-order chi connectivity index (χ0) is 14.4. The van der Waals surface area contributed by atoms with Crippen LogP contribution in [0, 0.1) is 0 Å². The monoisotopic (exact) mass is 321 g/mol. The average Bonchev–Trinajstić information content (AvgIpc) is 3.24. The molecule has 2 aliphatic rings. The van der Waals surface area contributed by atoms with E-state index in [2.05, 4.69) is 20.9 Å². The Kier molecular flexibility index (Phi) is 3.36. The Hall–Kier alpha value is -1.17. The van der Waals surface area contributed by atoms with Crippen LogP contribution in [-0.4, -0.2) is 21.4 Å². The second kappa shape index (κ2) is 5.23. The predicted octanol–water partition coefficient (Wildman–Crippen LogP) is 2.92. The van der Waals surface area contributed by atoms with E-state index in [0.717, 1.165) is 53.8 Å². The molecule has 4 nitrogen and oxygen atoms in total. The highest BCUT2D eigenvalue weighted by atomic mass is 35.5. The van der Waals surface area contributed by atoms with Gasteiger partial charge in [-0.2, -0.15) is 0 Å². The van der Waals surface area contributed by atoms with E-state index in [1.54, 1.807) is 11.3 Å². The molecule has 4 rings (SSSR count). The van der Waals surface area contributed by atoms with Crippen molar-refractivity contribution >= 4 is 22.9 Å². The molecule has 1 aliphatic carbocycles. The first-order chi connectivity index (χ1) is 10.2. The molecule has 0 radical (unpaired) electrons. The van der Waals surface area contributed by atoms with E-state index >= 15 is 0 Å². The molecule has 0 bridgehead atoms. The molecule has 0 unspecified atom stereocenters. The van der Waals surface area contributed by atoms with Crippen molar-refractivity contribution in [2.45, 2.75) is 38.3 Å². The summed E-state index contributed by atoms with van der Waals surface area (Å²) in [6.45, 7) is 2.47. The van der Waals surface area contributed by atoms with Crippen molar-refractivity contribution in [1.82, 2.24) is 14.9 Å². The molecule has 1 saturated carbocycles. The van der Waals surface area contributed by atoms with Crippen LogP contribution >= 0.6 is 22.9 Å². The standard InChI is InChI=1S/C15H16ClN3OS/c16-13-4-3-10(21-13)7-19-6-5-12-11(8-19)15(20)18-14(17-12)9-1-2-9/h3-4,9H,1-2,5-8H2,(H,17,18,20). The number of nitrogens with one attached hydrogen (secondary N) is 1. The zero-order valence-corrected chi connectivity index (χ0v) is 13.1. The van der Waals surface area contributed by atoms with Gasteiger partial charge in [0.05, 0.1) is 15.6 Å². The van der Waals surface area contributed by atoms with E-state index in [9.17, 15) is 4.79 Å². The Morgan fingerprint density at radius 3 is 3.00 bits per heavy atom. The third kappa shape index (κ3) is 2.78. The first kappa shape index (κ1) is 13.5. The maximum atomic E-state index is 12.3. The molecule has 3 heterocycles. The lowest BCUT2D eigenvalue weighted by molar-refractivity contribution is 0.243. The number of nitrogens with zero attached hydrogens (tertiary/aromatic N) is 2. The zero-order valence-electron chi connectivity index (χ0n) is 11.6. The summed E-state index contributed by atoms with van der Waals surface area (Å²) < 4.78 is 0.816. The van der Waals surface area contributed by atoms with Crippen molar-refractivity contribution in [3.8, 4) is 0 Å². The summed E-state index contributed by atoms with van der Waals surface area (Å²) >= 11 is 7.58. The van der Waals surface area contributed by atoms with Crippen molar-refractivity contribution in [2.24, 2.45) is 0 Å². The van der Waals surface area contributed by atoms with Crippen LogP contribution in [0.15, 0.2) is 16.9 Å². The quantitative estimate of drug-likeness (QED) is 0.945. The molecular weight excluding hydrogens is 306 g/mol. The molecule has 0 atom stereocenters. The molecule has 0 aromatic carbocycles. The lowest BCUT2D eigenvalue weighted by atomic mass is 10.1. The van der Waals surface area contributed by atoms with E-state index in [-0.39, 0.29) is 5.56 Å². The molecule has 6 heteroatoms. The van der Waals surface area contributed by atoms with Crippen LogP contribution < -0.4 is 5.56 Å². The first-order valence-corrected chi connectivity index (χ1v) is 8.47. The third-order valence-electron chi connectivity index (χ3n) is 4.14. The molecule has 1 aliphatic heterocycles. The van der Waals surface area contributed by atoms with E-state index in [1.165, 1.54) is 4.88 Å². The minimum Gasteiger partial charge on any atom is -0.310 e. The highest BCUT2D eigenvalue weighted by molar-refractivity contribution is 7.16. The van der Waals surface area contributed by atoms with Crippen LogP contribution in [0.2, 0.25) is 4.34 Å². The number of aromatic amines is 1. The van der Waals surface area contributed by atoms with Gasteiger partial charge in [0.25, 0.3) is 5.56 Å². The van der Waals surface area contributed by atoms with Crippen LogP contribution in [0.25, 0.3) is 0 Å². The maximum absolute atomic E-state index is 12.3. The van der Waals surface area contributed by atoms with Gasteiger partial charge in [-0.15, -0.1) is 11.3 Å². The predicted molar refractivity (Wildman–Crippen MR) is 84.0 cm³/mol. The number of halogens is 1. The Balaban J connectivity index is 1.55. The second-order valence-electron chi connectivity index (χ2n) is 5.82. The van der Waals surface area contributed by atoms with Crippen LogP contribution in [0.3, 0.4) is 0 Å². The topological polar surface area (TPSA) is 49.0 Å². The first-order valence-electron chi connectivity index (χ1n) is 7.27. The highest BCUT2D eigenvalue weighted by Crippen LogP contribution is 2.37. The maximum Gasteiger partial charge on any atom is 0.255 e. The third-order valence-corrected chi connectivity index (χ3v) is 5.35. The molecule has 1 fully saturated rings. The summed E-state index contributed by atoms with van der Waals surface area (Å²) in [5, 5.41) is 0. The van der Waals surface area contributed by atoms with Crippen molar-refractivity contribution in [1.29, 1.82) is 0 Å². The fraction of sp³-hybridized carbons (Fsp3) is 0.467. The van der Waals surface area contributed by atoms with E-state index < -0.39 is 0 Å². The number of aromatic nitrogens is 2.